The molecule has 0 unspecified atom stereocenters. The Labute approximate surface area is 138 Å². The molecular formula is C17H15N5O2. The summed E-state index contributed by atoms with van der Waals surface area (Å²) in [6.45, 7) is 1.45. The number of para-hydroxylation sites is 2. The van der Waals surface area contributed by atoms with Crippen LogP contribution in [0.4, 0.5) is 11.4 Å². The van der Waals surface area contributed by atoms with Crippen molar-refractivity contribution < 1.29 is 4.92 Å². The van der Waals surface area contributed by atoms with E-state index >= 15 is 0 Å². The monoisotopic (exact) mass is 321 g/mol. The summed E-state index contributed by atoms with van der Waals surface area (Å²) in [4.78, 5) is 14.6. The van der Waals surface area contributed by atoms with E-state index in [0.29, 0.717) is 12.2 Å². The molecule has 0 aliphatic heterocycles. The van der Waals surface area contributed by atoms with E-state index in [1.165, 1.54) is 12.1 Å². The average molecular weight is 321 g/mol. The van der Waals surface area contributed by atoms with Gasteiger partial charge in [0.1, 0.15) is 6.07 Å². The molecule has 7 heteroatoms. The van der Waals surface area contributed by atoms with Crippen LogP contribution in [0.5, 0.6) is 0 Å². The molecule has 3 aromatic rings. The molecule has 0 spiro atoms. The number of fused-ring (bicyclic) bond motifs is 1. The van der Waals surface area contributed by atoms with E-state index in [1.54, 1.807) is 6.07 Å². The van der Waals surface area contributed by atoms with Crippen molar-refractivity contribution >= 4 is 22.4 Å². The molecule has 1 aromatic heterocycles. The summed E-state index contributed by atoms with van der Waals surface area (Å²) in [5.74, 6) is 0. The number of aryl methyl sites for hydroxylation is 1. The van der Waals surface area contributed by atoms with E-state index in [1.807, 2.05) is 36.7 Å². The van der Waals surface area contributed by atoms with E-state index in [-0.39, 0.29) is 11.3 Å². The fourth-order valence-electron chi connectivity index (χ4n) is 2.55. The smallest absolute Gasteiger partial charge is 0.270 e. The van der Waals surface area contributed by atoms with Crippen LogP contribution < -0.4 is 5.32 Å². The number of nitro groups is 1. The summed E-state index contributed by atoms with van der Waals surface area (Å²) < 4.78 is 2.08. The molecule has 0 fully saturated rings. The van der Waals surface area contributed by atoms with Crippen LogP contribution in [0.15, 0.2) is 48.8 Å². The first-order valence-electron chi connectivity index (χ1n) is 7.51. The molecule has 0 bridgehead atoms. The van der Waals surface area contributed by atoms with Gasteiger partial charge in [-0.2, -0.15) is 5.26 Å². The second-order valence-corrected chi connectivity index (χ2v) is 5.31. The molecule has 0 saturated carbocycles. The molecule has 3 rings (SSSR count). The second kappa shape index (κ2) is 6.79. The van der Waals surface area contributed by atoms with Crippen molar-refractivity contribution in [2.45, 2.75) is 13.0 Å². The first-order valence-corrected chi connectivity index (χ1v) is 7.51. The number of hydrogen-bond acceptors (Lipinski definition) is 5. The van der Waals surface area contributed by atoms with Crippen LogP contribution >= 0.6 is 0 Å². The van der Waals surface area contributed by atoms with Gasteiger partial charge in [0.25, 0.3) is 5.69 Å². The SMILES string of the molecule is N#Cc1cc([N+](=O)[O-])ccc1NCCCn1cnc2ccccc21. The van der Waals surface area contributed by atoms with E-state index in [2.05, 4.69) is 14.9 Å². The molecular weight excluding hydrogens is 306 g/mol. The Bertz CT molecular complexity index is 926. The van der Waals surface area contributed by atoms with Gasteiger partial charge < -0.3 is 9.88 Å². The van der Waals surface area contributed by atoms with E-state index in [4.69, 9.17) is 5.26 Å². The minimum Gasteiger partial charge on any atom is -0.384 e. The second-order valence-electron chi connectivity index (χ2n) is 5.31. The molecule has 24 heavy (non-hydrogen) atoms. The summed E-state index contributed by atoms with van der Waals surface area (Å²) in [7, 11) is 0. The van der Waals surface area contributed by atoms with Crippen LogP contribution in [-0.2, 0) is 6.54 Å². The maximum Gasteiger partial charge on any atom is 0.270 e. The molecule has 7 nitrogen and oxygen atoms in total. The highest BCUT2D eigenvalue weighted by Crippen LogP contribution is 2.21. The van der Waals surface area contributed by atoms with Crippen LogP contribution in [0.1, 0.15) is 12.0 Å². The van der Waals surface area contributed by atoms with Gasteiger partial charge in [-0.05, 0) is 24.6 Å². The predicted octanol–water partition coefficient (Wildman–Crippen LogP) is 3.32. The van der Waals surface area contributed by atoms with Gasteiger partial charge in [0.2, 0.25) is 0 Å². The fraction of sp³-hybridized carbons (Fsp3) is 0.176. The van der Waals surface area contributed by atoms with Gasteiger partial charge in [0.05, 0.1) is 33.5 Å². The molecule has 0 amide bonds. The minimum absolute atomic E-state index is 0.0815. The number of rotatable bonds is 6. The number of nitro benzene ring substituents is 1. The third kappa shape index (κ3) is 3.17. The zero-order chi connectivity index (χ0) is 16.9. The molecule has 1 N–H and O–H groups in total. The molecule has 120 valence electrons. The van der Waals surface area contributed by atoms with Crippen LogP contribution in [0.25, 0.3) is 11.0 Å². The highest BCUT2D eigenvalue weighted by atomic mass is 16.6. The third-order valence-electron chi connectivity index (χ3n) is 3.75. The van der Waals surface area contributed by atoms with Gasteiger partial charge >= 0.3 is 0 Å². The maximum atomic E-state index is 10.7. The van der Waals surface area contributed by atoms with E-state index in [0.717, 1.165) is 24.0 Å². The Morgan fingerprint density at radius 3 is 2.92 bits per heavy atom. The van der Waals surface area contributed by atoms with Crippen molar-refractivity contribution in [1.29, 1.82) is 5.26 Å². The quantitative estimate of drug-likeness (QED) is 0.427. The largest absolute Gasteiger partial charge is 0.384 e. The predicted molar refractivity (Wildman–Crippen MR) is 90.7 cm³/mol. The van der Waals surface area contributed by atoms with Crippen molar-refractivity contribution in [3.8, 4) is 6.07 Å². The summed E-state index contributed by atoms with van der Waals surface area (Å²) >= 11 is 0. The first kappa shape index (κ1) is 15.5. The Balaban J connectivity index is 1.61. The lowest BCUT2D eigenvalue weighted by Gasteiger charge is -2.09. The number of imidazole rings is 1. The average Bonchev–Trinajstić information content (AvgIpc) is 3.02. The number of nitriles is 1. The minimum atomic E-state index is -0.505. The normalized spacial score (nSPS) is 10.5. The molecule has 0 radical (unpaired) electrons. The molecule has 1 heterocycles. The lowest BCUT2D eigenvalue weighted by Crippen LogP contribution is -2.07. The highest BCUT2D eigenvalue weighted by molar-refractivity contribution is 5.74. The lowest BCUT2D eigenvalue weighted by molar-refractivity contribution is -0.384. The van der Waals surface area contributed by atoms with E-state index < -0.39 is 4.92 Å². The number of hydrogen-bond donors (Lipinski definition) is 1. The zero-order valence-corrected chi connectivity index (χ0v) is 12.8. The van der Waals surface area contributed by atoms with Crippen molar-refractivity contribution in [3.05, 3.63) is 64.5 Å². The van der Waals surface area contributed by atoms with Gasteiger partial charge in [-0.15, -0.1) is 0 Å². The number of benzene rings is 2. The van der Waals surface area contributed by atoms with Crippen molar-refractivity contribution in [3.63, 3.8) is 0 Å². The summed E-state index contributed by atoms with van der Waals surface area (Å²) in [6.07, 6.45) is 2.65. The number of anilines is 1. The van der Waals surface area contributed by atoms with E-state index in [9.17, 15) is 10.1 Å². The first-order chi connectivity index (χ1) is 11.7. The van der Waals surface area contributed by atoms with Gasteiger partial charge in [0, 0.05) is 25.2 Å². The van der Waals surface area contributed by atoms with Crippen molar-refractivity contribution in [2.75, 3.05) is 11.9 Å². The summed E-state index contributed by atoms with van der Waals surface area (Å²) in [5, 5.41) is 23.0. The molecule has 0 aliphatic carbocycles. The number of aromatic nitrogens is 2. The van der Waals surface area contributed by atoms with Crippen molar-refractivity contribution in [2.24, 2.45) is 0 Å². The standard InChI is InChI=1S/C17H15N5O2/c18-11-13-10-14(22(23)24)6-7-15(13)19-8-3-9-21-12-20-16-4-1-2-5-17(16)21/h1-2,4-7,10,12,19H,3,8-9H2. The highest BCUT2D eigenvalue weighted by Gasteiger charge is 2.10. The number of nitrogens with one attached hydrogen (secondary N) is 1. The molecule has 0 saturated heterocycles. The zero-order valence-electron chi connectivity index (χ0n) is 12.8. The Kier molecular flexibility index (Phi) is 4.38. The number of non-ortho nitro benzene ring substituents is 1. The molecule has 0 aliphatic rings. The Morgan fingerprint density at radius 2 is 2.12 bits per heavy atom. The topological polar surface area (TPSA) is 96.8 Å². The summed E-state index contributed by atoms with van der Waals surface area (Å²) in [5.41, 5.74) is 2.86. The van der Waals surface area contributed by atoms with Gasteiger partial charge in [-0.3, -0.25) is 10.1 Å². The van der Waals surface area contributed by atoms with Gasteiger partial charge in [0.15, 0.2) is 0 Å². The van der Waals surface area contributed by atoms with Gasteiger partial charge in [-0.1, -0.05) is 12.1 Å². The van der Waals surface area contributed by atoms with Gasteiger partial charge in [-0.25, -0.2) is 4.98 Å². The third-order valence-corrected chi connectivity index (χ3v) is 3.75. The number of nitrogens with zero attached hydrogens (tertiary/aromatic N) is 4. The Morgan fingerprint density at radius 1 is 1.29 bits per heavy atom. The maximum absolute atomic E-state index is 10.7. The fourth-order valence-corrected chi connectivity index (χ4v) is 2.55. The lowest BCUT2D eigenvalue weighted by atomic mass is 10.1. The summed E-state index contributed by atoms with van der Waals surface area (Å²) in [6, 6.07) is 14.2. The van der Waals surface area contributed by atoms with Crippen LogP contribution in [0, 0.1) is 21.4 Å². The molecule has 2 aromatic carbocycles. The Hall–Kier alpha value is -3.40. The van der Waals surface area contributed by atoms with Crippen LogP contribution in [-0.4, -0.2) is 21.0 Å². The molecule has 0 atom stereocenters. The van der Waals surface area contributed by atoms with Crippen LogP contribution in [0.3, 0.4) is 0 Å². The van der Waals surface area contributed by atoms with Crippen LogP contribution in [0.2, 0.25) is 0 Å². The van der Waals surface area contributed by atoms with Crippen molar-refractivity contribution in [1.82, 2.24) is 9.55 Å².